The minimum absolute atomic E-state index is 0.123. The van der Waals surface area contributed by atoms with Crippen molar-refractivity contribution in [1.29, 1.82) is 0 Å². The Kier molecular flexibility index (Phi) is 2.22. The van der Waals surface area contributed by atoms with Gasteiger partial charge in [-0.15, -0.1) is 0 Å². The lowest BCUT2D eigenvalue weighted by Gasteiger charge is -2.02. The Morgan fingerprint density at radius 1 is 1.55 bits per heavy atom. The first-order valence-corrected chi connectivity index (χ1v) is 3.53. The van der Waals surface area contributed by atoms with Gasteiger partial charge in [0.15, 0.2) is 0 Å². The van der Waals surface area contributed by atoms with Gasteiger partial charge in [0, 0.05) is 5.56 Å². The average Bonchev–Trinajstić information content (AvgIpc) is 2.12. The van der Waals surface area contributed by atoms with E-state index < -0.39 is 12.6 Å². The number of aromatic amines is 1. The average molecular weight is 229 g/mol. The van der Waals surface area contributed by atoms with Gasteiger partial charge in [-0.05, 0) is 15.9 Å². The van der Waals surface area contributed by atoms with E-state index in [-0.39, 0.29) is 10.2 Å². The van der Waals surface area contributed by atoms with Gasteiger partial charge in [-0.25, -0.2) is 0 Å². The number of hydrogen-bond donors (Lipinski definition) is 1. The molecule has 11 heavy (non-hydrogen) atoms. The van der Waals surface area contributed by atoms with Gasteiger partial charge in [-0.3, -0.25) is 5.10 Å². The number of H-pyrrole nitrogens is 1. The molecule has 1 heterocycles. The zero-order valence-electron chi connectivity index (χ0n) is 5.24. The summed E-state index contributed by atoms with van der Waals surface area (Å²) in [5, 5.41) is 5.79. The highest BCUT2D eigenvalue weighted by atomic mass is 79.9. The molecule has 0 aromatic carbocycles. The Morgan fingerprint density at radius 2 is 2.18 bits per heavy atom. The van der Waals surface area contributed by atoms with Crippen LogP contribution in [0.5, 0.6) is 0 Å². The van der Waals surface area contributed by atoms with Crippen molar-refractivity contribution in [3.05, 3.63) is 16.4 Å². The van der Waals surface area contributed by atoms with E-state index in [2.05, 4.69) is 26.1 Å². The molecule has 0 fully saturated rings. The van der Waals surface area contributed by atoms with E-state index in [4.69, 9.17) is 0 Å². The molecule has 1 aromatic rings. The lowest BCUT2D eigenvalue weighted by Crippen LogP contribution is -2.11. The van der Waals surface area contributed by atoms with Gasteiger partial charge in [0.1, 0.15) is 4.60 Å². The molecular weight excluding hydrogens is 225 g/mol. The minimum atomic E-state index is -4.17. The Morgan fingerprint density at radius 3 is 2.55 bits per heavy atom. The van der Waals surface area contributed by atoms with Crippen LogP contribution in [0.15, 0.2) is 10.8 Å². The zero-order valence-corrected chi connectivity index (χ0v) is 6.83. The topological polar surface area (TPSA) is 28.7 Å². The maximum atomic E-state index is 11.7. The molecule has 0 saturated carbocycles. The van der Waals surface area contributed by atoms with Crippen molar-refractivity contribution in [2.75, 3.05) is 0 Å². The summed E-state index contributed by atoms with van der Waals surface area (Å²) in [7, 11) is 0. The summed E-state index contributed by atoms with van der Waals surface area (Å²) in [5.41, 5.74) is 0.123. The van der Waals surface area contributed by atoms with Gasteiger partial charge in [0.25, 0.3) is 0 Å². The second kappa shape index (κ2) is 2.84. The molecule has 1 rings (SSSR count). The van der Waals surface area contributed by atoms with E-state index in [1.165, 1.54) is 0 Å². The van der Waals surface area contributed by atoms with Crippen molar-refractivity contribution >= 4 is 15.9 Å². The Hall–Kier alpha value is -0.520. The smallest absolute Gasteiger partial charge is 0.271 e. The van der Waals surface area contributed by atoms with E-state index in [0.717, 1.165) is 6.20 Å². The summed E-state index contributed by atoms with van der Waals surface area (Å²) in [4.78, 5) is 0. The molecule has 0 saturated heterocycles. The molecule has 2 nitrogen and oxygen atoms in total. The lowest BCUT2D eigenvalue weighted by molar-refractivity contribution is -0.127. The summed E-state index contributed by atoms with van der Waals surface area (Å²) in [5.74, 6) is 0. The molecule has 0 aliphatic rings. The molecule has 0 spiro atoms. The SMILES string of the molecule is FC(F)(F)Cc1cn[nH]c1Br. The van der Waals surface area contributed by atoms with Crippen LogP contribution in [0.25, 0.3) is 0 Å². The Balaban J connectivity index is 2.72. The second-order valence-electron chi connectivity index (χ2n) is 2.00. The summed E-state index contributed by atoms with van der Waals surface area (Å²) < 4.78 is 35.5. The molecule has 62 valence electrons. The Bertz CT molecular complexity index is 242. The summed E-state index contributed by atoms with van der Waals surface area (Å²) in [6.07, 6.45) is -3.98. The highest BCUT2D eigenvalue weighted by Crippen LogP contribution is 2.24. The number of nitrogens with one attached hydrogen (secondary N) is 1. The van der Waals surface area contributed by atoms with Crippen molar-refractivity contribution in [3.8, 4) is 0 Å². The molecule has 0 aliphatic heterocycles. The van der Waals surface area contributed by atoms with Gasteiger partial charge in [-0.2, -0.15) is 18.3 Å². The molecule has 0 aliphatic carbocycles. The number of aromatic nitrogens is 2. The molecule has 0 amide bonds. The molecule has 1 aromatic heterocycles. The van der Waals surface area contributed by atoms with Crippen molar-refractivity contribution < 1.29 is 13.2 Å². The fraction of sp³-hybridized carbons (Fsp3) is 0.400. The highest BCUT2D eigenvalue weighted by molar-refractivity contribution is 9.10. The van der Waals surface area contributed by atoms with Gasteiger partial charge in [0.2, 0.25) is 0 Å². The van der Waals surface area contributed by atoms with E-state index >= 15 is 0 Å². The van der Waals surface area contributed by atoms with Crippen molar-refractivity contribution in [1.82, 2.24) is 10.2 Å². The largest absolute Gasteiger partial charge is 0.393 e. The van der Waals surface area contributed by atoms with E-state index in [1.54, 1.807) is 0 Å². The molecule has 0 unspecified atom stereocenters. The summed E-state index contributed by atoms with van der Waals surface area (Å²) >= 11 is 2.90. The summed E-state index contributed by atoms with van der Waals surface area (Å²) in [6, 6.07) is 0. The molecule has 1 N–H and O–H groups in total. The molecular formula is C5H4BrF3N2. The van der Waals surface area contributed by atoms with Gasteiger partial charge < -0.3 is 0 Å². The number of halogens is 4. The molecule has 0 radical (unpaired) electrons. The van der Waals surface area contributed by atoms with Crippen molar-refractivity contribution in [2.45, 2.75) is 12.6 Å². The van der Waals surface area contributed by atoms with Crippen LogP contribution in [0.4, 0.5) is 13.2 Å². The van der Waals surface area contributed by atoms with Gasteiger partial charge in [0.05, 0.1) is 12.6 Å². The molecule has 6 heteroatoms. The first-order valence-electron chi connectivity index (χ1n) is 2.73. The zero-order chi connectivity index (χ0) is 8.48. The summed E-state index contributed by atoms with van der Waals surface area (Å²) in [6.45, 7) is 0. The van der Waals surface area contributed by atoms with Crippen LogP contribution in [0.2, 0.25) is 0 Å². The predicted octanol–water partition coefficient (Wildman–Crippen LogP) is 2.28. The minimum Gasteiger partial charge on any atom is -0.271 e. The first kappa shape index (κ1) is 8.58. The molecule has 0 bridgehead atoms. The third-order valence-electron chi connectivity index (χ3n) is 1.06. The van der Waals surface area contributed by atoms with E-state index in [9.17, 15) is 13.2 Å². The van der Waals surface area contributed by atoms with Gasteiger partial charge in [-0.1, -0.05) is 0 Å². The fourth-order valence-corrected chi connectivity index (χ4v) is 0.979. The van der Waals surface area contributed by atoms with Crippen LogP contribution < -0.4 is 0 Å². The quantitative estimate of drug-likeness (QED) is 0.786. The Labute approximate surface area is 68.9 Å². The second-order valence-corrected chi connectivity index (χ2v) is 2.79. The lowest BCUT2D eigenvalue weighted by atomic mass is 10.2. The standard InChI is InChI=1S/C5H4BrF3N2/c6-4-3(2-10-11-4)1-5(7,8)9/h2H,1H2,(H,10,11). The predicted molar refractivity (Wildman–Crippen MR) is 36.0 cm³/mol. The van der Waals surface area contributed by atoms with Crippen LogP contribution in [-0.2, 0) is 6.42 Å². The third-order valence-corrected chi connectivity index (χ3v) is 1.74. The van der Waals surface area contributed by atoms with Crippen LogP contribution in [-0.4, -0.2) is 16.4 Å². The maximum absolute atomic E-state index is 11.7. The maximum Gasteiger partial charge on any atom is 0.393 e. The van der Waals surface area contributed by atoms with Crippen LogP contribution >= 0.6 is 15.9 Å². The fourth-order valence-electron chi connectivity index (χ4n) is 0.635. The van der Waals surface area contributed by atoms with Crippen LogP contribution in [0.3, 0.4) is 0 Å². The number of hydrogen-bond acceptors (Lipinski definition) is 1. The van der Waals surface area contributed by atoms with Crippen molar-refractivity contribution in [3.63, 3.8) is 0 Å². The third kappa shape index (κ3) is 2.53. The van der Waals surface area contributed by atoms with E-state index in [1.807, 2.05) is 0 Å². The van der Waals surface area contributed by atoms with Crippen LogP contribution in [0, 0.1) is 0 Å². The van der Waals surface area contributed by atoms with Crippen LogP contribution in [0.1, 0.15) is 5.56 Å². The van der Waals surface area contributed by atoms with E-state index in [0.29, 0.717) is 0 Å². The number of nitrogens with zero attached hydrogens (tertiary/aromatic N) is 1. The molecule has 0 atom stereocenters. The highest BCUT2D eigenvalue weighted by Gasteiger charge is 2.29. The monoisotopic (exact) mass is 228 g/mol. The van der Waals surface area contributed by atoms with Gasteiger partial charge >= 0.3 is 6.18 Å². The number of rotatable bonds is 1. The first-order chi connectivity index (χ1) is 4.99. The van der Waals surface area contributed by atoms with Crippen molar-refractivity contribution in [2.24, 2.45) is 0 Å². The normalized spacial score (nSPS) is 12.0. The number of alkyl halides is 3.